The van der Waals surface area contributed by atoms with Gasteiger partial charge in [-0.1, -0.05) is 39.7 Å². The van der Waals surface area contributed by atoms with Gasteiger partial charge in [-0.2, -0.15) is 0 Å². The van der Waals surface area contributed by atoms with Gasteiger partial charge in [0.05, 0.1) is 0 Å². The van der Waals surface area contributed by atoms with E-state index in [0.29, 0.717) is 5.57 Å². The number of hydrogen-bond acceptors (Lipinski definition) is 1. The number of aliphatic carboxylic acids is 1. The van der Waals surface area contributed by atoms with E-state index in [2.05, 4.69) is 27.2 Å². The summed E-state index contributed by atoms with van der Waals surface area (Å²) in [5.41, 5.74) is 0.616. The molecule has 0 heterocycles. The second kappa shape index (κ2) is 6.65. The lowest BCUT2D eigenvalue weighted by Crippen LogP contribution is -2.11. The van der Waals surface area contributed by atoms with E-state index < -0.39 is 5.97 Å². The van der Waals surface area contributed by atoms with Crippen LogP contribution in [0, 0.1) is 11.8 Å². The maximum Gasteiger partial charge on any atom is 0.330 e. The zero-order valence-corrected chi connectivity index (χ0v) is 10.3. The molecule has 0 atom stereocenters. The lowest BCUT2D eigenvalue weighted by Gasteiger charge is -2.22. The van der Waals surface area contributed by atoms with Crippen molar-refractivity contribution in [3.8, 4) is 0 Å². The molecule has 0 aliphatic heterocycles. The third kappa shape index (κ3) is 7.18. The molecule has 0 aromatic heterocycles. The minimum atomic E-state index is -0.816. The molecule has 2 heteroatoms. The quantitative estimate of drug-likeness (QED) is 0.513. The van der Waals surface area contributed by atoms with Crippen LogP contribution in [0.3, 0.4) is 0 Å². The van der Waals surface area contributed by atoms with Crippen LogP contribution in [0.4, 0.5) is 0 Å². The van der Waals surface area contributed by atoms with Crippen molar-refractivity contribution in [3.05, 3.63) is 18.1 Å². The first kappa shape index (κ1) is 14.2. The highest BCUT2D eigenvalue weighted by molar-refractivity contribution is 5.85. The van der Waals surface area contributed by atoms with E-state index in [0.717, 1.165) is 19.3 Å². The zero-order chi connectivity index (χ0) is 11.9. The molecule has 15 heavy (non-hydrogen) atoms. The Morgan fingerprint density at radius 3 is 2.40 bits per heavy atom. The summed E-state index contributed by atoms with van der Waals surface area (Å²) >= 11 is 0. The summed E-state index contributed by atoms with van der Waals surface area (Å²) in [7, 11) is 0. The van der Waals surface area contributed by atoms with Gasteiger partial charge in [0.25, 0.3) is 0 Å². The van der Waals surface area contributed by atoms with Crippen LogP contribution >= 0.6 is 0 Å². The first-order valence-corrected chi connectivity index (χ1v) is 5.61. The first-order valence-electron chi connectivity index (χ1n) is 5.61. The highest BCUT2D eigenvalue weighted by Gasteiger charge is 2.16. The van der Waals surface area contributed by atoms with Crippen molar-refractivity contribution in [2.24, 2.45) is 5.41 Å². The molecule has 0 bridgehead atoms. The van der Waals surface area contributed by atoms with Crippen molar-refractivity contribution in [2.45, 2.75) is 53.4 Å². The molecular formula is C13H23O2. The lowest BCUT2D eigenvalue weighted by molar-refractivity contribution is -0.132. The molecule has 0 saturated carbocycles. The maximum atomic E-state index is 10.6. The number of unbranched alkanes of at least 4 members (excludes halogenated alkanes) is 2. The summed E-state index contributed by atoms with van der Waals surface area (Å²) in [6.45, 7) is 8.15. The Bertz CT molecular complexity index is 227. The summed E-state index contributed by atoms with van der Waals surface area (Å²) in [6, 6.07) is 0. The highest BCUT2D eigenvalue weighted by atomic mass is 16.4. The van der Waals surface area contributed by atoms with Crippen LogP contribution in [0.25, 0.3) is 0 Å². The Morgan fingerprint density at radius 1 is 1.33 bits per heavy atom. The molecule has 1 N–H and O–H groups in total. The molecule has 0 amide bonds. The van der Waals surface area contributed by atoms with Crippen LogP contribution in [-0.2, 0) is 4.79 Å². The molecular weight excluding hydrogens is 188 g/mol. The van der Waals surface area contributed by atoms with Crippen LogP contribution in [0.1, 0.15) is 53.4 Å². The third-order valence-corrected chi connectivity index (χ3v) is 2.49. The molecule has 2 nitrogen and oxygen atoms in total. The normalized spacial score (nSPS) is 12.9. The number of hydrogen-bond donors (Lipinski definition) is 1. The van der Waals surface area contributed by atoms with Crippen molar-refractivity contribution in [2.75, 3.05) is 0 Å². The Balaban J connectivity index is 4.02. The standard InChI is InChI=1S/C13H23O2/c1-5-6-7-9-13(3,4)10-8-11(2)12(14)15/h7-8H,5-6,9-10H2,1-4H3,(H,14,15). The third-order valence-electron chi connectivity index (χ3n) is 2.49. The Hall–Kier alpha value is -0.790. The molecule has 0 aliphatic carbocycles. The van der Waals surface area contributed by atoms with E-state index in [4.69, 9.17) is 5.11 Å². The zero-order valence-electron chi connectivity index (χ0n) is 10.3. The fourth-order valence-corrected chi connectivity index (χ4v) is 1.30. The number of rotatable bonds is 7. The Morgan fingerprint density at radius 2 is 1.93 bits per heavy atom. The molecule has 0 unspecified atom stereocenters. The van der Waals surface area contributed by atoms with Gasteiger partial charge in [-0.05, 0) is 31.6 Å². The van der Waals surface area contributed by atoms with Crippen molar-refractivity contribution in [3.63, 3.8) is 0 Å². The van der Waals surface area contributed by atoms with Gasteiger partial charge in [-0.15, -0.1) is 0 Å². The van der Waals surface area contributed by atoms with Crippen LogP contribution < -0.4 is 0 Å². The second-order valence-electron chi connectivity index (χ2n) is 4.84. The fraction of sp³-hybridized carbons (Fsp3) is 0.692. The van der Waals surface area contributed by atoms with Crippen molar-refractivity contribution < 1.29 is 9.90 Å². The Kier molecular flexibility index (Phi) is 6.30. The molecule has 0 rings (SSSR count). The molecule has 0 aromatic rings. The molecule has 0 aliphatic rings. The second-order valence-corrected chi connectivity index (χ2v) is 4.84. The van der Waals surface area contributed by atoms with E-state index in [9.17, 15) is 4.79 Å². The topological polar surface area (TPSA) is 37.3 Å². The smallest absolute Gasteiger partial charge is 0.330 e. The number of carboxylic acid groups (broad SMARTS) is 1. The van der Waals surface area contributed by atoms with Gasteiger partial charge in [0.15, 0.2) is 0 Å². The Labute approximate surface area is 93.4 Å². The van der Waals surface area contributed by atoms with Crippen molar-refractivity contribution in [1.82, 2.24) is 0 Å². The summed E-state index contributed by atoms with van der Waals surface area (Å²) < 4.78 is 0. The predicted molar refractivity (Wildman–Crippen MR) is 63.6 cm³/mol. The summed E-state index contributed by atoms with van der Waals surface area (Å²) in [5.74, 6) is -0.816. The van der Waals surface area contributed by atoms with Gasteiger partial charge in [-0.25, -0.2) is 4.79 Å². The minimum Gasteiger partial charge on any atom is -0.478 e. The molecule has 87 valence electrons. The van der Waals surface area contributed by atoms with Gasteiger partial charge in [0.2, 0.25) is 0 Å². The maximum absolute atomic E-state index is 10.6. The largest absolute Gasteiger partial charge is 0.478 e. The highest BCUT2D eigenvalue weighted by Crippen LogP contribution is 2.28. The average Bonchev–Trinajstić information content (AvgIpc) is 2.14. The molecule has 0 saturated heterocycles. The van der Waals surface area contributed by atoms with E-state index in [1.54, 1.807) is 6.92 Å². The average molecular weight is 211 g/mol. The summed E-state index contributed by atoms with van der Waals surface area (Å²) in [5, 5.41) is 8.72. The van der Waals surface area contributed by atoms with Crippen LogP contribution in [0.15, 0.2) is 11.6 Å². The first-order chi connectivity index (χ1) is 6.89. The van der Waals surface area contributed by atoms with Crippen LogP contribution in [0.2, 0.25) is 0 Å². The van der Waals surface area contributed by atoms with Gasteiger partial charge >= 0.3 is 5.97 Å². The monoisotopic (exact) mass is 211 g/mol. The van der Waals surface area contributed by atoms with Crippen LogP contribution in [0.5, 0.6) is 0 Å². The van der Waals surface area contributed by atoms with Crippen molar-refractivity contribution in [1.29, 1.82) is 0 Å². The molecule has 1 radical (unpaired) electrons. The van der Waals surface area contributed by atoms with Gasteiger partial charge in [0.1, 0.15) is 0 Å². The van der Waals surface area contributed by atoms with E-state index in [-0.39, 0.29) is 5.41 Å². The van der Waals surface area contributed by atoms with Gasteiger partial charge in [0, 0.05) is 5.57 Å². The molecule has 0 fully saturated rings. The van der Waals surface area contributed by atoms with Crippen molar-refractivity contribution >= 4 is 5.97 Å². The molecule has 0 aromatic carbocycles. The van der Waals surface area contributed by atoms with E-state index in [1.165, 1.54) is 6.42 Å². The van der Waals surface area contributed by atoms with E-state index >= 15 is 0 Å². The number of allylic oxidation sites excluding steroid dienone is 1. The van der Waals surface area contributed by atoms with Crippen LogP contribution in [-0.4, -0.2) is 11.1 Å². The van der Waals surface area contributed by atoms with Gasteiger partial charge in [-0.3, -0.25) is 0 Å². The SMILES string of the molecule is CCC[CH]CC(C)(C)CC=C(C)C(=O)O. The summed E-state index contributed by atoms with van der Waals surface area (Å²) in [6.07, 6.45) is 8.31. The number of carboxylic acids is 1. The lowest BCUT2D eigenvalue weighted by atomic mass is 9.83. The predicted octanol–water partition coefficient (Wildman–Crippen LogP) is 3.83. The summed E-state index contributed by atoms with van der Waals surface area (Å²) in [4.78, 5) is 10.6. The van der Waals surface area contributed by atoms with Gasteiger partial charge < -0.3 is 5.11 Å². The number of carbonyl (C=O) groups is 1. The van der Waals surface area contributed by atoms with E-state index in [1.807, 2.05) is 6.08 Å². The molecule has 0 spiro atoms. The fourth-order valence-electron chi connectivity index (χ4n) is 1.30. The minimum absolute atomic E-state index is 0.172.